The Balaban J connectivity index is 1.02. The molecule has 1 aromatic heterocycles. The first-order valence-corrected chi connectivity index (χ1v) is 20.0. The number of nitrogens with zero attached hydrogens (tertiary/aromatic N) is 1. The fraction of sp³-hybridized carbons (Fsp3) is 0.148. The molecule has 2 nitrogen and oxygen atoms in total. The Morgan fingerprint density at radius 1 is 0.446 bits per heavy atom. The Morgan fingerprint density at radius 3 is 1.73 bits per heavy atom. The summed E-state index contributed by atoms with van der Waals surface area (Å²) in [6.45, 7) is 9.50. The summed E-state index contributed by atoms with van der Waals surface area (Å²) in [6, 6.07) is 58.5. The summed E-state index contributed by atoms with van der Waals surface area (Å²) in [5.74, 6) is 0.998. The van der Waals surface area contributed by atoms with Crippen LogP contribution >= 0.6 is 0 Å². The second-order valence-corrected chi connectivity index (χ2v) is 16.9. The van der Waals surface area contributed by atoms with E-state index in [1.54, 1.807) is 0 Å². The molecular weight excluding hydrogens is 679 g/mol. The Labute approximate surface area is 329 Å². The van der Waals surface area contributed by atoms with Crippen molar-refractivity contribution in [1.29, 1.82) is 0 Å². The number of hydrogen-bond donors (Lipinski definition) is 0. The smallest absolute Gasteiger partial charge is 0.135 e. The van der Waals surface area contributed by atoms with E-state index in [4.69, 9.17) is 4.42 Å². The number of aryl methyl sites for hydroxylation is 1. The number of para-hydroxylation sites is 1. The van der Waals surface area contributed by atoms with E-state index in [1.165, 1.54) is 83.4 Å². The van der Waals surface area contributed by atoms with Gasteiger partial charge in [0, 0.05) is 38.8 Å². The van der Waals surface area contributed by atoms with Gasteiger partial charge in [-0.1, -0.05) is 137 Å². The van der Waals surface area contributed by atoms with Gasteiger partial charge in [-0.25, -0.2) is 0 Å². The van der Waals surface area contributed by atoms with Gasteiger partial charge in [-0.3, -0.25) is 0 Å². The van der Waals surface area contributed by atoms with Gasteiger partial charge in [0.05, 0.1) is 0 Å². The summed E-state index contributed by atoms with van der Waals surface area (Å²) in [5.41, 5.74) is 21.4. The van der Waals surface area contributed by atoms with Crippen LogP contribution in [-0.4, -0.2) is 0 Å². The summed E-state index contributed by atoms with van der Waals surface area (Å²) in [6.07, 6.45) is 4.24. The molecule has 1 heterocycles. The number of allylic oxidation sites excluding steroid dienone is 1. The normalized spacial score (nSPS) is 15.4. The molecule has 0 saturated heterocycles. The molecule has 0 amide bonds. The van der Waals surface area contributed by atoms with Gasteiger partial charge in [-0.05, 0) is 134 Å². The summed E-state index contributed by atoms with van der Waals surface area (Å²) in [4.78, 5) is 2.46. The molecule has 0 N–H and O–H groups in total. The average Bonchev–Trinajstić information content (AvgIpc) is 3.80. The molecule has 0 bridgehead atoms. The second kappa shape index (κ2) is 12.1. The highest BCUT2D eigenvalue weighted by atomic mass is 16.3. The van der Waals surface area contributed by atoms with E-state index >= 15 is 0 Å². The predicted molar refractivity (Wildman–Crippen MR) is 234 cm³/mol. The van der Waals surface area contributed by atoms with Crippen molar-refractivity contribution in [3.8, 4) is 33.4 Å². The topological polar surface area (TPSA) is 16.4 Å². The van der Waals surface area contributed by atoms with E-state index in [0.29, 0.717) is 0 Å². The zero-order chi connectivity index (χ0) is 37.8. The van der Waals surface area contributed by atoms with Crippen LogP contribution in [0.2, 0.25) is 0 Å². The monoisotopic (exact) mass is 721 g/mol. The second-order valence-electron chi connectivity index (χ2n) is 16.9. The van der Waals surface area contributed by atoms with Crippen LogP contribution in [0.1, 0.15) is 73.3 Å². The first-order valence-electron chi connectivity index (χ1n) is 20.0. The SMILES string of the molecule is CC1(C)c2ccccc2-c2ccc(N(c3ccc(C4=Cc5oc6ccccc6c5CC4)cc3)c3ccc4c(c3)C(C)(C)c3cc(-c5ccccc5)ccc3-4)cc21. The molecule has 8 aromatic rings. The molecule has 270 valence electrons. The molecule has 0 radical (unpaired) electrons. The third kappa shape index (κ3) is 4.88. The summed E-state index contributed by atoms with van der Waals surface area (Å²) < 4.78 is 6.32. The lowest BCUT2D eigenvalue weighted by atomic mass is 9.81. The van der Waals surface area contributed by atoms with Gasteiger partial charge >= 0.3 is 0 Å². The van der Waals surface area contributed by atoms with Crippen molar-refractivity contribution in [2.24, 2.45) is 0 Å². The van der Waals surface area contributed by atoms with Crippen LogP contribution in [-0.2, 0) is 17.3 Å². The highest BCUT2D eigenvalue weighted by Gasteiger charge is 2.38. The molecular formula is C54H43NO. The van der Waals surface area contributed by atoms with E-state index < -0.39 is 0 Å². The molecule has 0 atom stereocenters. The zero-order valence-corrected chi connectivity index (χ0v) is 32.4. The van der Waals surface area contributed by atoms with Crippen molar-refractivity contribution in [3.63, 3.8) is 0 Å². The van der Waals surface area contributed by atoms with Crippen LogP contribution < -0.4 is 4.90 Å². The molecule has 56 heavy (non-hydrogen) atoms. The standard InChI is InChI=1S/C54H43NO/c1-53(2)47-16-10-8-14-41(47)43-28-24-39(32-49(43)53)55(38-22-18-35(19-23-38)37-21-27-46-45-15-9-11-17-51(45)56-52(46)31-37)40-25-29-44-42-26-20-36(34-12-6-5-7-13-34)30-48(42)54(3,4)50(44)33-40/h5-20,22-26,28-33H,21,27H2,1-4H3. The van der Waals surface area contributed by atoms with E-state index in [0.717, 1.165) is 35.6 Å². The minimum Gasteiger partial charge on any atom is -0.456 e. The third-order valence-electron chi connectivity index (χ3n) is 13.0. The third-order valence-corrected chi connectivity index (χ3v) is 13.0. The maximum atomic E-state index is 6.32. The first-order chi connectivity index (χ1) is 27.3. The largest absolute Gasteiger partial charge is 0.456 e. The van der Waals surface area contributed by atoms with Crippen LogP contribution in [0.4, 0.5) is 17.1 Å². The predicted octanol–water partition coefficient (Wildman–Crippen LogP) is 14.7. The summed E-state index contributed by atoms with van der Waals surface area (Å²) in [5, 5.41) is 1.24. The highest BCUT2D eigenvalue weighted by Crippen LogP contribution is 2.53. The van der Waals surface area contributed by atoms with Gasteiger partial charge in [0.25, 0.3) is 0 Å². The van der Waals surface area contributed by atoms with Gasteiger partial charge in [0.15, 0.2) is 0 Å². The minimum absolute atomic E-state index is 0.0988. The van der Waals surface area contributed by atoms with Gasteiger partial charge in [-0.15, -0.1) is 0 Å². The molecule has 0 fully saturated rings. The van der Waals surface area contributed by atoms with Crippen LogP contribution in [0.15, 0.2) is 162 Å². The van der Waals surface area contributed by atoms with Crippen LogP contribution in [0.5, 0.6) is 0 Å². The highest BCUT2D eigenvalue weighted by molar-refractivity contribution is 5.93. The number of anilines is 3. The molecule has 3 aliphatic rings. The molecule has 7 aromatic carbocycles. The molecule has 11 rings (SSSR count). The van der Waals surface area contributed by atoms with E-state index in [-0.39, 0.29) is 10.8 Å². The molecule has 2 heteroatoms. The van der Waals surface area contributed by atoms with Crippen molar-refractivity contribution in [1.82, 2.24) is 0 Å². The quantitative estimate of drug-likeness (QED) is 0.176. The Morgan fingerprint density at radius 2 is 1.00 bits per heavy atom. The molecule has 0 saturated carbocycles. The van der Waals surface area contributed by atoms with Crippen molar-refractivity contribution in [3.05, 3.63) is 197 Å². The Kier molecular flexibility index (Phi) is 7.11. The first kappa shape index (κ1) is 33.0. The van der Waals surface area contributed by atoms with Gasteiger partial charge in [0.2, 0.25) is 0 Å². The molecule has 3 aliphatic carbocycles. The van der Waals surface area contributed by atoms with Crippen molar-refractivity contribution in [2.45, 2.75) is 51.4 Å². The summed E-state index contributed by atoms with van der Waals surface area (Å²) in [7, 11) is 0. The number of benzene rings is 7. The zero-order valence-electron chi connectivity index (χ0n) is 32.4. The number of hydrogen-bond acceptors (Lipinski definition) is 2. The van der Waals surface area contributed by atoms with Crippen LogP contribution in [0.3, 0.4) is 0 Å². The van der Waals surface area contributed by atoms with Crippen molar-refractivity contribution >= 4 is 39.7 Å². The van der Waals surface area contributed by atoms with E-state index in [2.05, 4.69) is 196 Å². The average molecular weight is 722 g/mol. The minimum atomic E-state index is -0.161. The lowest BCUT2D eigenvalue weighted by molar-refractivity contribution is 0.596. The van der Waals surface area contributed by atoms with Gasteiger partial charge in [0.1, 0.15) is 11.3 Å². The van der Waals surface area contributed by atoms with E-state index in [1.807, 2.05) is 0 Å². The Hall–Kier alpha value is -6.38. The van der Waals surface area contributed by atoms with E-state index in [9.17, 15) is 0 Å². The van der Waals surface area contributed by atoms with Crippen LogP contribution in [0, 0.1) is 0 Å². The fourth-order valence-corrected chi connectivity index (χ4v) is 9.99. The van der Waals surface area contributed by atoms with Gasteiger partial charge in [-0.2, -0.15) is 0 Å². The molecule has 0 aliphatic heterocycles. The van der Waals surface area contributed by atoms with Crippen LogP contribution in [0.25, 0.3) is 56.0 Å². The maximum absolute atomic E-state index is 6.32. The number of fused-ring (bicyclic) bond motifs is 9. The van der Waals surface area contributed by atoms with Gasteiger partial charge < -0.3 is 9.32 Å². The van der Waals surface area contributed by atoms with Crippen molar-refractivity contribution in [2.75, 3.05) is 4.90 Å². The molecule has 0 unspecified atom stereocenters. The maximum Gasteiger partial charge on any atom is 0.135 e. The number of rotatable bonds is 5. The Bertz CT molecular complexity index is 2900. The lowest BCUT2D eigenvalue weighted by Crippen LogP contribution is -2.18. The molecule has 0 spiro atoms. The van der Waals surface area contributed by atoms with Crippen molar-refractivity contribution < 1.29 is 4.42 Å². The lowest BCUT2D eigenvalue weighted by Gasteiger charge is -2.30. The summed E-state index contributed by atoms with van der Waals surface area (Å²) >= 11 is 0. The fourth-order valence-electron chi connectivity index (χ4n) is 9.99. The number of furan rings is 1.